The number of benzene rings is 1. The second-order valence-corrected chi connectivity index (χ2v) is 8.88. The number of fused-ring (bicyclic) bond motifs is 1. The maximum atomic E-state index is 13.2. The molecule has 1 saturated carbocycles. The number of hydrogen-bond acceptors (Lipinski definition) is 4. The van der Waals surface area contributed by atoms with Gasteiger partial charge in [-0.3, -0.25) is 9.48 Å². The number of carbonyl (C=O) groups is 1. The van der Waals surface area contributed by atoms with Crippen LogP contribution in [0.1, 0.15) is 60.0 Å². The van der Waals surface area contributed by atoms with E-state index in [-0.39, 0.29) is 12.0 Å². The second kappa shape index (κ2) is 8.35. The molecule has 2 atom stereocenters. The third kappa shape index (κ3) is 4.04. The van der Waals surface area contributed by atoms with Gasteiger partial charge in [0.25, 0.3) is 5.91 Å². The second-order valence-electron chi connectivity index (χ2n) is 8.88. The normalized spacial score (nSPS) is 23.4. The predicted molar refractivity (Wildman–Crippen MR) is 119 cm³/mol. The molecule has 0 unspecified atom stereocenters. The Morgan fingerprint density at radius 2 is 2.06 bits per heavy atom. The Balaban J connectivity index is 1.29. The van der Waals surface area contributed by atoms with Crippen LogP contribution >= 0.6 is 0 Å². The fourth-order valence-electron chi connectivity index (χ4n) is 4.88. The zero-order valence-corrected chi connectivity index (χ0v) is 18.0. The van der Waals surface area contributed by atoms with Crippen molar-refractivity contribution in [2.75, 3.05) is 6.54 Å². The van der Waals surface area contributed by atoms with Crippen molar-refractivity contribution in [3.05, 3.63) is 65.0 Å². The Kier molecular flexibility index (Phi) is 5.40. The minimum absolute atomic E-state index is 0.0267. The van der Waals surface area contributed by atoms with E-state index in [0.29, 0.717) is 24.4 Å². The van der Waals surface area contributed by atoms with Crippen LogP contribution in [0.15, 0.2) is 48.3 Å². The van der Waals surface area contributed by atoms with Gasteiger partial charge in [0.05, 0.1) is 17.9 Å². The highest BCUT2D eigenvalue weighted by molar-refractivity contribution is 6.01. The van der Waals surface area contributed by atoms with E-state index in [1.807, 2.05) is 47.2 Å². The summed E-state index contributed by atoms with van der Waals surface area (Å²) in [4.78, 5) is 15.1. The lowest BCUT2D eigenvalue weighted by Gasteiger charge is -2.28. The SMILES string of the molecule is Cn1cc(C2=CC=C(CN3Cc4cccc(O[C@H]5CCCC[C@@H]5O)c4C3=O)CC2)cn1. The van der Waals surface area contributed by atoms with Gasteiger partial charge in [0.1, 0.15) is 11.9 Å². The average Bonchev–Trinajstić information content (AvgIpc) is 3.34. The molecule has 1 fully saturated rings. The van der Waals surface area contributed by atoms with E-state index in [2.05, 4.69) is 17.3 Å². The lowest BCUT2D eigenvalue weighted by molar-refractivity contribution is 0.00638. The Morgan fingerprint density at radius 3 is 2.81 bits per heavy atom. The first-order valence-corrected chi connectivity index (χ1v) is 11.2. The summed E-state index contributed by atoms with van der Waals surface area (Å²) in [5, 5.41) is 14.5. The summed E-state index contributed by atoms with van der Waals surface area (Å²) in [7, 11) is 1.93. The van der Waals surface area contributed by atoms with E-state index in [9.17, 15) is 9.90 Å². The molecule has 2 aliphatic carbocycles. The van der Waals surface area contributed by atoms with Gasteiger partial charge < -0.3 is 14.7 Å². The smallest absolute Gasteiger partial charge is 0.258 e. The molecule has 162 valence electrons. The largest absolute Gasteiger partial charge is 0.487 e. The van der Waals surface area contributed by atoms with Crippen molar-refractivity contribution < 1.29 is 14.6 Å². The van der Waals surface area contributed by atoms with Crippen molar-refractivity contribution in [1.29, 1.82) is 0 Å². The van der Waals surface area contributed by atoms with Crippen LogP contribution in [0.5, 0.6) is 5.75 Å². The van der Waals surface area contributed by atoms with Crippen molar-refractivity contribution in [3.8, 4) is 5.75 Å². The number of hydrogen-bond donors (Lipinski definition) is 1. The summed E-state index contributed by atoms with van der Waals surface area (Å²) >= 11 is 0. The lowest BCUT2D eigenvalue weighted by atomic mass is 9.94. The molecule has 1 amide bonds. The molecule has 5 rings (SSSR count). The first-order chi connectivity index (χ1) is 15.1. The molecule has 2 heterocycles. The van der Waals surface area contributed by atoms with Crippen LogP contribution in [-0.2, 0) is 13.6 Å². The first kappa shape index (κ1) is 20.1. The number of aliphatic hydroxyl groups is 1. The minimum atomic E-state index is -0.453. The van der Waals surface area contributed by atoms with Gasteiger partial charge >= 0.3 is 0 Å². The number of aryl methyl sites for hydroxylation is 1. The van der Waals surface area contributed by atoms with E-state index >= 15 is 0 Å². The molecule has 3 aliphatic rings. The van der Waals surface area contributed by atoms with Crippen molar-refractivity contribution in [1.82, 2.24) is 14.7 Å². The highest BCUT2D eigenvalue weighted by atomic mass is 16.5. The fraction of sp³-hybridized carbons (Fsp3) is 0.440. The molecule has 1 aromatic heterocycles. The molecule has 1 aliphatic heterocycles. The van der Waals surface area contributed by atoms with Gasteiger partial charge in [-0.1, -0.05) is 36.3 Å². The Morgan fingerprint density at radius 1 is 1.19 bits per heavy atom. The van der Waals surface area contributed by atoms with Crippen LogP contribution in [0.2, 0.25) is 0 Å². The fourth-order valence-corrected chi connectivity index (χ4v) is 4.88. The Hall–Kier alpha value is -2.86. The molecule has 0 saturated heterocycles. The maximum Gasteiger partial charge on any atom is 0.258 e. The van der Waals surface area contributed by atoms with Gasteiger partial charge in [0.15, 0.2) is 0 Å². The van der Waals surface area contributed by atoms with Gasteiger partial charge in [-0.15, -0.1) is 0 Å². The summed E-state index contributed by atoms with van der Waals surface area (Å²) in [6.45, 7) is 1.24. The third-order valence-electron chi connectivity index (χ3n) is 6.63. The van der Waals surface area contributed by atoms with Gasteiger partial charge in [-0.25, -0.2) is 0 Å². The topological polar surface area (TPSA) is 67.6 Å². The number of aliphatic hydroxyl groups excluding tert-OH is 1. The third-order valence-corrected chi connectivity index (χ3v) is 6.63. The highest BCUT2D eigenvalue weighted by Gasteiger charge is 2.33. The predicted octanol–water partition coefficient (Wildman–Crippen LogP) is 3.86. The number of aromatic nitrogens is 2. The standard InChI is InChI=1S/C25H29N3O3/c1-27-15-20(13-26-27)18-11-9-17(10-12-18)14-28-16-19-5-4-8-23(24(19)25(28)30)31-22-7-3-2-6-21(22)29/h4-5,8-9,11,13,15,21-22,29H,2-3,6-7,10,12,14,16H2,1H3/t21-,22-/m0/s1. The summed E-state index contributed by atoms with van der Waals surface area (Å²) in [5.41, 5.74) is 5.39. The van der Waals surface area contributed by atoms with E-state index in [0.717, 1.165) is 49.7 Å². The summed E-state index contributed by atoms with van der Waals surface area (Å²) < 4.78 is 7.98. The molecule has 6 nitrogen and oxygen atoms in total. The number of ether oxygens (including phenoxy) is 1. The molecule has 1 aromatic carbocycles. The Labute approximate surface area is 182 Å². The van der Waals surface area contributed by atoms with Crippen molar-refractivity contribution in [3.63, 3.8) is 0 Å². The molecule has 0 radical (unpaired) electrons. The minimum Gasteiger partial charge on any atom is -0.487 e. The molecule has 0 bridgehead atoms. The molecule has 0 spiro atoms. The summed E-state index contributed by atoms with van der Waals surface area (Å²) in [6.07, 6.45) is 13.2. The average molecular weight is 420 g/mol. The zero-order chi connectivity index (χ0) is 21.4. The van der Waals surface area contributed by atoms with Gasteiger partial charge in [0.2, 0.25) is 0 Å². The number of amides is 1. The van der Waals surface area contributed by atoms with Gasteiger partial charge in [-0.2, -0.15) is 5.10 Å². The van der Waals surface area contributed by atoms with Crippen molar-refractivity contribution >= 4 is 11.5 Å². The quantitative estimate of drug-likeness (QED) is 0.799. The first-order valence-electron chi connectivity index (χ1n) is 11.2. The van der Waals surface area contributed by atoms with Crippen LogP contribution in [0, 0.1) is 0 Å². The van der Waals surface area contributed by atoms with Crippen LogP contribution in [0.25, 0.3) is 5.57 Å². The number of nitrogens with zero attached hydrogens (tertiary/aromatic N) is 3. The Bertz CT molecular complexity index is 1050. The van der Waals surface area contributed by atoms with Gasteiger partial charge in [-0.05, 0) is 49.3 Å². The number of rotatable bonds is 5. The van der Waals surface area contributed by atoms with Crippen LogP contribution in [0.4, 0.5) is 0 Å². The van der Waals surface area contributed by atoms with Gasteiger partial charge in [0, 0.05) is 31.9 Å². The molecular weight excluding hydrogens is 390 g/mol. The summed E-state index contributed by atoms with van der Waals surface area (Å²) in [5.74, 6) is 0.645. The molecule has 6 heteroatoms. The molecule has 31 heavy (non-hydrogen) atoms. The summed E-state index contributed by atoms with van der Waals surface area (Å²) in [6, 6.07) is 5.82. The number of carbonyl (C=O) groups excluding carboxylic acids is 1. The van der Waals surface area contributed by atoms with Crippen LogP contribution < -0.4 is 4.74 Å². The van der Waals surface area contributed by atoms with E-state index in [1.54, 1.807) is 0 Å². The lowest BCUT2D eigenvalue weighted by Crippen LogP contribution is -2.35. The maximum absolute atomic E-state index is 13.2. The monoisotopic (exact) mass is 419 g/mol. The number of allylic oxidation sites excluding steroid dienone is 3. The van der Waals surface area contributed by atoms with E-state index in [1.165, 1.54) is 11.1 Å². The van der Waals surface area contributed by atoms with E-state index < -0.39 is 6.10 Å². The molecular formula is C25H29N3O3. The van der Waals surface area contributed by atoms with Crippen molar-refractivity contribution in [2.24, 2.45) is 7.05 Å². The van der Waals surface area contributed by atoms with E-state index in [4.69, 9.17) is 4.74 Å². The van der Waals surface area contributed by atoms with Crippen LogP contribution in [0.3, 0.4) is 0 Å². The van der Waals surface area contributed by atoms with Crippen molar-refractivity contribution in [2.45, 2.75) is 57.3 Å². The molecule has 2 aromatic rings. The van der Waals surface area contributed by atoms with Crippen LogP contribution in [-0.4, -0.2) is 44.4 Å². The highest BCUT2D eigenvalue weighted by Crippen LogP contribution is 2.35. The zero-order valence-electron chi connectivity index (χ0n) is 18.0. The molecule has 1 N–H and O–H groups in total.